The van der Waals surface area contributed by atoms with Crippen molar-refractivity contribution >= 4 is 34.4 Å². The van der Waals surface area contributed by atoms with Crippen LogP contribution in [0.15, 0.2) is 85.1 Å². The lowest BCUT2D eigenvalue weighted by atomic mass is 9.76. The average Bonchev–Trinajstić information content (AvgIpc) is 3.62. The van der Waals surface area contributed by atoms with Crippen molar-refractivity contribution in [1.29, 1.82) is 5.26 Å². The van der Waals surface area contributed by atoms with Gasteiger partial charge in [-0.05, 0) is 35.4 Å². The second kappa shape index (κ2) is 9.98. The first-order valence-corrected chi connectivity index (χ1v) is 13.1. The summed E-state index contributed by atoms with van der Waals surface area (Å²) in [6.45, 7) is 0.408. The number of carboxylic acid groups (broad SMARTS) is 1. The Morgan fingerprint density at radius 3 is 2.50 bits per heavy atom. The summed E-state index contributed by atoms with van der Waals surface area (Å²) >= 11 is 0. The highest BCUT2D eigenvalue weighted by Crippen LogP contribution is 2.50. The quantitative estimate of drug-likeness (QED) is 0.255. The van der Waals surface area contributed by atoms with Crippen molar-refractivity contribution in [2.24, 2.45) is 11.8 Å². The van der Waals surface area contributed by atoms with Crippen molar-refractivity contribution in [3.8, 4) is 6.07 Å². The van der Waals surface area contributed by atoms with Crippen LogP contribution in [0.4, 0.5) is 5.69 Å². The van der Waals surface area contributed by atoms with E-state index in [1.54, 1.807) is 30.5 Å². The van der Waals surface area contributed by atoms with Gasteiger partial charge in [0.15, 0.2) is 0 Å². The molecule has 3 heterocycles. The predicted molar refractivity (Wildman–Crippen MR) is 148 cm³/mol. The maximum atomic E-state index is 14.0. The number of carbonyl (C=O) groups is 3. The molecule has 4 N–H and O–H groups in total. The zero-order valence-electron chi connectivity index (χ0n) is 21.5. The van der Waals surface area contributed by atoms with E-state index in [9.17, 15) is 24.8 Å². The van der Waals surface area contributed by atoms with Crippen LogP contribution in [0.5, 0.6) is 0 Å². The molecule has 2 aliphatic heterocycles. The van der Waals surface area contributed by atoms with Crippen LogP contribution >= 0.6 is 0 Å². The largest absolute Gasteiger partial charge is 0.480 e. The molecule has 0 saturated carbocycles. The monoisotopic (exact) mass is 533 g/mol. The van der Waals surface area contributed by atoms with Gasteiger partial charge in [-0.1, -0.05) is 54.6 Å². The normalized spacial score (nSPS) is 23.8. The lowest BCUT2D eigenvalue weighted by Gasteiger charge is -2.31. The Balaban J connectivity index is 1.40. The van der Waals surface area contributed by atoms with Gasteiger partial charge >= 0.3 is 5.97 Å². The number of carbonyl (C=O) groups excluding carboxylic acids is 2. The van der Waals surface area contributed by atoms with Crippen molar-refractivity contribution in [2.45, 2.75) is 18.0 Å². The standard InChI is InChI=1S/C31H27N5O4/c32-17-19-8-4-5-12-23(19)27-25-26(29(38)36(28(25)37)15-14-33-21-9-2-1-3-10-21)31(35-27,30(39)40)16-20-18-34-24-13-7-6-11-22(20)24/h1-13,18,25-27,33-35H,14-16H2,(H,39,40). The lowest BCUT2D eigenvalue weighted by Crippen LogP contribution is -2.57. The number of carboxylic acids is 1. The third kappa shape index (κ3) is 4.01. The van der Waals surface area contributed by atoms with E-state index in [-0.39, 0.29) is 13.0 Å². The molecule has 2 fully saturated rings. The fraction of sp³-hybridized carbons (Fsp3) is 0.226. The number of nitriles is 1. The zero-order chi connectivity index (χ0) is 27.9. The maximum absolute atomic E-state index is 14.0. The summed E-state index contributed by atoms with van der Waals surface area (Å²) in [4.78, 5) is 45.4. The summed E-state index contributed by atoms with van der Waals surface area (Å²) in [5, 5.41) is 27.8. The molecule has 40 heavy (non-hydrogen) atoms. The van der Waals surface area contributed by atoms with Gasteiger partial charge in [0.25, 0.3) is 0 Å². The molecule has 0 radical (unpaired) electrons. The molecule has 0 spiro atoms. The summed E-state index contributed by atoms with van der Waals surface area (Å²) in [7, 11) is 0. The first-order chi connectivity index (χ1) is 19.4. The maximum Gasteiger partial charge on any atom is 0.325 e. The number of aromatic amines is 1. The van der Waals surface area contributed by atoms with Gasteiger partial charge in [-0.2, -0.15) is 5.26 Å². The summed E-state index contributed by atoms with van der Waals surface area (Å²) in [6.07, 6.45) is 1.74. The molecule has 1 aromatic heterocycles. The zero-order valence-corrected chi connectivity index (χ0v) is 21.5. The second-order valence-corrected chi connectivity index (χ2v) is 10.3. The molecular formula is C31H27N5O4. The molecule has 6 rings (SSSR count). The summed E-state index contributed by atoms with van der Waals surface area (Å²) in [6, 6.07) is 25.1. The number of anilines is 1. The van der Waals surface area contributed by atoms with Gasteiger partial charge in [-0.3, -0.25) is 24.6 Å². The molecule has 4 atom stereocenters. The smallest absolute Gasteiger partial charge is 0.325 e. The minimum absolute atomic E-state index is 0.0200. The van der Waals surface area contributed by atoms with Gasteiger partial charge in [-0.15, -0.1) is 0 Å². The van der Waals surface area contributed by atoms with E-state index in [1.165, 1.54) is 4.90 Å². The number of para-hydroxylation sites is 2. The third-order valence-corrected chi connectivity index (χ3v) is 8.13. The van der Waals surface area contributed by atoms with Crippen molar-refractivity contribution < 1.29 is 19.5 Å². The molecule has 0 bridgehead atoms. The molecule has 9 heteroatoms. The lowest BCUT2D eigenvalue weighted by molar-refractivity contribution is -0.151. The molecule has 4 unspecified atom stereocenters. The minimum atomic E-state index is -1.77. The molecule has 0 aliphatic carbocycles. The molecule has 2 amide bonds. The van der Waals surface area contributed by atoms with Gasteiger partial charge < -0.3 is 15.4 Å². The van der Waals surface area contributed by atoms with Crippen LogP contribution in [0.3, 0.4) is 0 Å². The molecule has 200 valence electrons. The highest BCUT2D eigenvalue weighted by molar-refractivity contribution is 6.09. The van der Waals surface area contributed by atoms with E-state index in [0.29, 0.717) is 17.7 Å². The van der Waals surface area contributed by atoms with Crippen LogP contribution in [0.1, 0.15) is 22.7 Å². The molecular weight excluding hydrogens is 506 g/mol. The molecule has 3 aromatic carbocycles. The Labute approximate surface area is 230 Å². The number of amides is 2. The van der Waals surface area contributed by atoms with E-state index in [1.807, 2.05) is 54.6 Å². The van der Waals surface area contributed by atoms with Crippen LogP contribution < -0.4 is 10.6 Å². The summed E-state index contributed by atoms with van der Waals surface area (Å²) in [5.74, 6) is -4.29. The first kappa shape index (κ1) is 25.3. The fourth-order valence-electron chi connectivity index (χ4n) is 6.30. The SMILES string of the molecule is N#Cc1ccccc1C1NC(Cc2c[nH]c3ccccc23)(C(=O)O)C2C(=O)N(CCNc3ccccc3)C(=O)C12. The third-order valence-electron chi connectivity index (χ3n) is 8.13. The van der Waals surface area contributed by atoms with E-state index in [0.717, 1.165) is 22.2 Å². The fourth-order valence-corrected chi connectivity index (χ4v) is 6.30. The second-order valence-electron chi connectivity index (χ2n) is 10.3. The minimum Gasteiger partial charge on any atom is -0.480 e. The number of nitrogens with zero attached hydrogens (tertiary/aromatic N) is 2. The number of fused-ring (bicyclic) bond motifs is 2. The van der Waals surface area contributed by atoms with E-state index in [4.69, 9.17) is 0 Å². The Kier molecular flexibility index (Phi) is 6.33. The highest BCUT2D eigenvalue weighted by atomic mass is 16.4. The highest BCUT2D eigenvalue weighted by Gasteiger charge is 2.68. The average molecular weight is 534 g/mol. The number of rotatable bonds is 8. The predicted octanol–water partition coefficient (Wildman–Crippen LogP) is 3.46. The first-order valence-electron chi connectivity index (χ1n) is 13.1. The van der Waals surface area contributed by atoms with Crippen LogP contribution in [-0.4, -0.2) is 51.4 Å². The number of benzene rings is 3. The van der Waals surface area contributed by atoms with Crippen LogP contribution in [0.25, 0.3) is 10.9 Å². The molecule has 4 aromatic rings. The van der Waals surface area contributed by atoms with Crippen LogP contribution in [-0.2, 0) is 20.8 Å². The topological polar surface area (TPSA) is 138 Å². The number of aromatic nitrogens is 1. The van der Waals surface area contributed by atoms with Gasteiger partial charge in [0.05, 0.1) is 23.5 Å². The van der Waals surface area contributed by atoms with Crippen molar-refractivity contribution in [2.75, 3.05) is 18.4 Å². The summed E-state index contributed by atoms with van der Waals surface area (Å²) in [5.41, 5.74) is 1.49. The number of H-pyrrole nitrogens is 1. The summed E-state index contributed by atoms with van der Waals surface area (Å²) < 4.78 is 0. The van der Waals surface area contributed by atoms with E-state index in [2.05, 4.69) is 21.7 Å². The van der Waals surface area contributed by atoms with Gasteiger partial charge in [0, 0.05) is 48.3 Å². The Morgan fingerprint density at radius 2 is 1.73 bits per heavy atom. The molecule has 2 aliphatic rings. The Morgan fingerprint density at radius 1 is 1.00 bits per heavy atom. The molecule has 2 saturated heterocycles. The Hall–Kier alpha value is -4.94. The van der Waals surface area contributed by atoms with Crippen LogP contribution in [0, 0.1) is 23.2 Å². The number of hydrogen-bond donors (Lipinski definition) is 4. The van der Waals surface area contributed by atoms with Crippen molar-refractivity contribution in [1.82, 2.24) is 15.2 Å². The van der Waals surface area contributed by atoms with Gasteiger partial charge in [0.2, 0.25) is 11.8 Å². The van der Waals surface area contributed by atoms with E-state index >= 15 is 0 Å². The van der Waals surface area contributed by atoms with Crippen molar-refractivity contribution in [3.63, 3.8) is 0 Å². The number of aliphatic carboxylic acids is 1. The molecule has 9 nitrogen and oxygen atoms in total. The van der Waals surface area contributed by atoms with Gasteiger partial charge in [-0.25, -0.2) is 0 Å². The van der Waals surface area contributed by atoms with Crippen molar-refractivity contribution in [3.05, 3.63) is 102 Å². The van der Waals surface area contributed by atoms with Gasteiger partial charge in [0.1, 0.15) is 5.54 Å². The Bertz CT molecular complexity index is 1660. The number of likely N-dealkylation sites (tertiary alicyclic amines) is 1. The van der Waals surface area contributed by atoms with Crippen LogP contribution in [0.2, 0.25) is 0 Å². The number of nitrogens with one attached hydrogen (secondary N) is 3. The number of hydrogen-bond acceptors (Lipinski definition) is 6. The van der Waals surface area contributed by atoms with E-state index < -0.39 is 41.2 Å². The number of imide groups is 1.